The maximum atomic E-state index is 11.9. The van der Waals surface area contributed by atoms with E-state index in [1.54, 1.807) is 30.3 Å². The van der Waals surface area contributed by atoms with Crippen LogP contribution >= 0.6 is 0 Å². The summed E-state index contributed by atoms with van der Waals surface area (Å²) in [5, 5.41) is 9.28. The first-order valence-electron chi connectivity index (χ1n) is 5.85. The lowest BCUT2D eigenvalue weighted by Crippen LogP contribution is -2.21. The summed E-state index contributed by atoms with van der Waals surface area (Å²) in [4.78, 5) is 34.5. The molecule has 1 heterocycles. The number of carbonyl (C=O) groups is 3. The van der Waals surface area contributed by atoms with Gasteiger partial charge in [-0.25, -0.2) is 9.59 Å². The van der Waals surface area contributed by atoms with Crippen LogP contribution in [0.3, 0.4) is 0 Å². The van der Waals surface area contributed by atoms with Crippen molar-refractivity contribution in [2.45, 2.75) is 12.5 Å². The van der Waals surface area contributed by atoms with E-state index in [2.05, 4.69) is 4.74 Å². The Morgan fingerprint density at radius 1 is 1.30 bits per heavy atom. The van der Waals surface area contributed by atoms with E-state index < -0.39 is 24.0 Å². The first kappa shape index (κ1) is 13.8. The van der Waals surface area contributed by atoms with Crippen LogP contribution in [-0.2, 0) is 23.9 Å². The Kier molecular flexibility index (Phi) is 3.84. The van der Waals surface area contributed by atoms with E-state index in [4.69, 9.17) is 4.74 Å². The molecule has 1 aromatic carbocycles. The van der Waals surface area contributed by atoms with Gasteiger partial charge in [0.05, 0.1) is 24.7 Å². The van der Waals surface area contributed by atoms with Crippen molar-refractivity contribution in [2.75, 3.05) is 7.11 Å². The van der Waals surface area contributed by atoms with Gasteiger partial charge < -0.3 is 14.6 Å². The zero-order valence-electron chi connectivity index (χ0n) is 10.7. The zero-order valence-corrected chi connectivity index (χ0v) is 10.7. The van der Waals surface area contributed by atoms with Gasteiger partial charge in [0, 0.05) is 0 Å². The van der Waals surface area contributed by atoms with Crippen molar-refractivity contribution in [1.29, 1.82) is 0 Å². The Balaban J connectivity index is 2.45. The second kappa shape index (κ2) is 5.56. The quantitative estimate of drug-likeness (QED) is 0.825. The van der Waals surface area contributed by atoms with Gasteiger partial charge in [-0.2, -0.15) is 0 Å². The molecule has 6 nitrogen and oxygen atoms in total. The molecule has 0 unspecified atom stereocenters. The number of aliphatic carboxylic acids is 1. The summed E-state index contributed by atoms with van der Waals surface area (Å²) in [6.07, 6.45) is -1.44. The van der Waals surface area contributed by atoms with E-state index in [-0.39, 0.29) is 17.6 Å². The normalized spacial score (nSPS) is 17.9. The molecule has 6 heteroatoms. The van der Waals surface area contributed by atoms with Gasteiger partial charge in [0.25, 0.3) is 0 Å². The van der Waals surface area contributed by atoms with Crippen LogP contribution in [0.1, 0.15) is 12.0 Å². The van der Waals surface area contributed by atoms with Crippen molar-refractivity contribution >= 4 is 23.5 Å². The first-order chi connectivity index (χ1) is 9.54. The average Bonchev–Trinajstić information content (AvgIpc) is 2.76. The summed E-state index contributed by atoms with van der Waals surface area (Å²) in [7, 11) is 1.18. The van der Waals surface area contributed by atoms with Gasteiger partial charge in [0.2, 0.25) is 0 Å². The number of cyclic esters (lactones) is 1. The molecule has 0 bridgehead atoms. The lowest BCUT2D eigenvalue weighted by atomic mass is 9.97. The van der Waals surface area contributed by atoms with Crippen LogP contribution < -0.4 is 0 Å². The van der Waals surface area contributed by atoms with Gasteiger partial charge in [-0.15, -0.1) is 0 Å². The minimum atomic E-state index is -1.29. The molecule has 0 amide bonds. The second-order valence-corrected chi connectivity index (χ2v) is 4.13. The number of carboxylic acids is 1. The number of benzene rings is 1. The van der Waals surface area contributed by atoms with Gasteiger partial charge in [-0.05, 0) is 5.56 Å². The fraction of sp³-hybridized carbons (Fsp3) is 0.214. The highest BCUT2D eigenvalue weighted by Crippen LogP contribution is 2.32. The highest BCUT2D eigenvalue weighted by molar-refractivity contribution is 6.25. The molecular weight excluding hydrogens is 264 g/mol. The number of carboxylic acid groups (broad SMARTS) is 1. The van der Waals surface area contributed by atoms with Crippen molar-refractivity contribution < 1.29 is 29.0 Å². The fourth-order valence-corrected chi connectivity index (χ4v) is 2.02. The van der Waals surface area contributed by atoms with E-state index in [0.717, 1.165) is 0 Å². The van der Waals surface area contributed by atoms with Crippen LogP contribution in [0, 0.1) is 0 Å². The maximum Gasteiger partial charge on any atom is 0.340 e. The molecule has 1 aromatic rings. The highest BCUT2D eigenvalue weighted by atomic mass is 16.6. The molecule has 0 aromatic heterocycles. The van der Waals surface area contributed by atoms with Crippen LogP contribution in [0.15, 0.2) is 35.9 Å². The predicted molar refractivity (Wildman–Crippen MR) is 67.5 cm³/mol. The largest absolute Gasteiger partial charge is 0.478 e. The van der Waals surface area contributed by atoms with Gasteiger partial charge in [-0.1, -0.05) is 30.3 Å². The molecule has 2 rings (SSSR count). The van der Waals surface area contributed by atoms with Crippen molar-refractivity contribution in [2.24, 2.45) is 0 Å². The second-order valence-electron chi connectivity index (χ2n) is 4.13. The molecule has 1 N–H and O–H groups in total. The minimum Gasteiger partial charge on any atom is -0.478 e. The predicted octanol–water partition coefficient (Wildman–Crippen LogP) is 1.01. The maximum absolute atomic E-state index is 11.9. The molecule has 0 aliphatic carbocycles. The Morgan fingerprint density at radius 2 is 1.95 bits per heavy atom. The third-order valence-corrected chi connectivity index (χ3v) is 2.92. The number of hydrogen-bond donors (Lipinski definition) is 1. The fourth-order valence-electron chi connectivity index (χ4n) is 2.02. The molecule has 1 aliphatic rings. The summed E-state index contributed by atoms with van der Waals surface area (Å²) in [5.74, 6) is -2.68. The van der Waals surface area contributed by atoms with Gasteiger partial charge in [-0.3, -0.25) is 4.79 Å². The highest BCUT2D eigenvalue weighted by Gasteiger charge is 2.40. The van der Waals surface area contributed by atoms with E-state index >= 15 is 0 Å². The van der Waals surface area contributed by atoms with Crippen LogP contribution in [0.25, 0.3) is 5.57 Å². The molecule has 0 saturated carbocycles. The summed E-state index contributed by atoms with van der Waals surface area (Å²) >= 11 is 0. The SMILES string of the molecule is COC(=O)C[C@H]1OC(=O)C(c2ccccc2)=C1C(=O)O. The lowest BCUT2D eigenvalue weighted by molar-refractivity contribution is -0.146. The van der Waals surface area contributed by atoms with Gasteiger partial charge in [0.15, 0.2) is 0 Å². The number of hydrogen-bond acceptors (Lipinski definition) is 5. The molecular formula is C14H12O6. The minimum absolute atomic E-state index is 0.0213. The van der Waals surface area contributed by atoms with Gasteiger partial charge in [0.1, 0.15) is 6.10 Å². The summed E-state index contributed by atoms with van der Waals surface area (Å²) in [6.45, 7) is 0. The van der Waals surface area contributed by atoms with Crippen LogP contribution in [0.4, 0.5) is 0 Å². The van der Waals surface area contributed by atoms with Crippen molar-refractivity contribution in [1.82, 2.24) is 0 Å². The number of ether oxygens (including phenoxy) is 2. The standard InChI is InChI=1S/C14H12O6/c1-19-10(15)7-9-12(13(16)17)11(14(18)20-9)8-5-3-2-4-6-8/h2-6,9H,7H2,1H3,(H,16,17)/t9-/m1/s1. The van der Waals surface area contributed by atoms with Gasteiger partial charge >= 0.3 is 17.9 Å². The van der Waals surface area contributed by atoms with Crippen molar-refractivity contribution in [3.05, 3.63) is 41.5 Å². The van der Waals surface area contributed by atoms with Crippen molar-refractivity contribution in [3.63, 3.8) is 0 Å². The molecule has 20 heavy (non-hydrogen) atoms. The molecule has 0 radical (unpaired) electrons. The number of methoxy groups -OCH3 is 1. The molecule has 104 valence electrons. The monoisotopic (exact) mass is 276 g/mol. The average molecular weight is 276 g/mol. The van der Waals surface area contributed by atoms with E-state index in [0.29, 0.717) is 5.56 Å². The van der Waals surface area contributed by atoms with Crippen molar-refractivity contribution in [3.8, 4) is 0 Å². The summed E-state index contributed by atoms with van der Waals surface area (Å²) in [6, 6.07) is 8.34. The Morgan fingerprint density at radius 3 is 2.50 bits per heavy atom. The number of rotatable bonds is 4. The third-order valence-electron chi connectivity index (χ3n) is 2.92. The smallest absolute Gasteiger partial charge is 0.340 e. The molecule has 1 aliphatic heterocycles. The third kappa shape index (κ3) is 2.54. The van der Waals surface area contributed by atoms with Crippen LogP contribution in [0.2, 0.25) is 0 Å². The lowest BCUT2D eigenvalue weighted by Gasteiger charge is -2.09. The topological polar surface area (TPSA) is 89.9 Å². The first-order valence-corrected chi connectivity index (χ1v) is 5.85. The molecule has 1 atom stereocenters. The van der Waals surface area contributed by atoms with Crippen LogP contribution in [-0.4, -0.2) is 36.2 Å². The Hall–Kier alpha value is -2.63. The molecule has 0 saturated heterocycles. The van der Waals surface area contributed by atoms with E-state index in [9.17, 15) is 19.5 Å². The Labute approximate surface area is 114 Å². The van der Waals surface area contributed by atoms with E-state index in [1.165, 1.54) is 7.11 Å². The molecule has 0 spiro atoms. The Bertz CT molecular complexity index is 587. The number of esters is 2. The number of carbonyl (C=O) groups excluding carboxylic acids is 2. The zero-order chi connectivity index (χ0) is 14.7. The van der Waals surface area contributed by atoms with Crippen LogP contribution in [0.5, 0.6) is 0 Å². The summed E-state index contributed by atoms with van der Waals surface area (Å²) < 4.78 is 9.45. The summed E-state index contributed by atoms with van der Waals surface area (Å²) in [5.41, 5.74) is 0.209. The van der Waals surface area contributed by atoms with E-state index in [1.807, 2.05) is 0 Å². The molecule has 0 fully saturated rings.